The summed E-state index contributed by atoms with van der Waals surface area (Å²) < 4.78 is 5.82. The van der Waals surface area contributed by atoms with Crippen LogP contribution in [-0.4, -0.2) is 34.9 Å². The third-order valence-corrected chi connectivity index (χ3v) is 4.89. The Balaban J connectivity index is 1.34. The van der Waals surface area contributed by atoms with Crippen molar-refractivity contribution in [1.82, 2.24) is 20.8 Å². The van der Waals surface area contributed by atoms with Gasteiger partial charge in [-0.05, 0) is 30.4 Å². The maximum atomic E-state index is 12.4. The molecule has 4 rings (SSSR count). The number of rotatable bonds is 3. The van der Waals surface area contributed by atoms with E-state index < -0.39 is 0 Å². The first-order valence-electron chi connectivity index (χ1n) is 8.54. The first-order chi connectivity index (χ1) is 11.8. The van der Waals surface area contributed by atoms with Gasteiger partial charge >= 0.3 is 6.03 Å². The Morgan fingerprint density at radius 2 is 2.08 bits per heavy atom. The molecule has 6 heteroatoms. The van der Waals surface area contributed by atoms with Gasteiger partial charge in [-0.2, -0.15) is 5.10 Å². The smallest absolute Gasteiger partial charge is 0.315 e. The number of hydrogen-bond donors (Lipinski definition) is 3. The Morgan fingerprint density at radius 1 is 1.21 bits per heavy atom. The van der Waals surface area contributed by atoms with E-state index in [1.165, 1.54) is 5.56 Å². The number of benzene rings is 1. The number of aromatic nitrogens is 2. The number of H-pyrrole nitrogens is 1. The number of nitrogens with one attached hydrogen (secondary N) is 3. The number of nitrogens with zero attached hydrogens (tertiary/aromatic N) is 1. The van der Waals surface area contributed by atoms with E-state index in [1.807, 2.05) is 36.5 Å². The van der Waals surface area contributed by atoms with E-state index in [0.29, 0.717) is 6.61 Å². The highest BCUT2D eigenvalue weighted by molar-refractivity contribution is 5.74. The van der Waals surface area contributed by atoms with Crippen molar-refractivity contribution in [2.75, 3.05) is 6.61 Å². The summed E-state index contributed by atoms with van der Waals surface area (Å²) in [4.78, 5) is 12.4. The summed E-state index contributed by atoms with van der Waals surface area (Å²) in [5.74, 6) is 0. The van der Waals surface area contributed by atoms with Crippen molar-refractivity contribution in [2.45, 2.75) is 43.9 Å². The van der Waals surface area contributed by atoms with Crippen LogP contribution in [0.5, 0.6) is 0 Å². The van der Waals surface area contributed by atoms with Crippen molar-refractivity contribution in [1.29, 1.82) is 0 Å². The Hall–Kier alpha value is -2.34. The zero-order chi connectivity index (χ0) is 16.4. The highest BCUT2D eigenvalue weighted by atomic mass is 16.5. The third-order valence-electron chi connectivity index (χ3n) is 4.89. The second kappa shape index (κ2) is 6.65. The van der Waals surface area contributed by atoms with Gasteiger partial charge in [0.25, 0.3) is 0 Å². The molecule has 0 saturated carbocycles. The number of fused-ring (bicyclic) bond motifs is 1. The van der Waals surface area contributed by atoms with E-state index in [0.717, 1.165) is 36.9 Å². The zero-order valence-electron chi connectivity index (χ0n) is 13.5. The van der Waals surface area contributed by atoms with E-state index in [4.69, 9.17) is 4.74 Å². The topological polar surface area (TPSA) is 79.0 Å². The Kier molecular flexibility index (Phi) is 4.21. The molecular formula is C18H22N4O2. The van der Waals surface area contributed by atoms with Crippen LogP contribution in [0.3, 0.4) is 0 Å². The van der Waals surface area contributed by atoms with Gasteiger partial charge in [-0.1, -0.05) is 30.3 Å². The summed E-state index contributed by atoms with van der Waals surface area (Å²) in [6.45, 7) is 0.672. The number of carbonyl (C=O) groups is 1. The standard InChI is InChI=1S/C18H22N4O2/c23-18(20-14-7-6-13-11-19-22-16(13)10-14)21-15-8-9-24-17(15)12-4-2-1-3-5-12/h1-5,11,14-15,17H,6-10H2,(H,19,22)(H2,20,21,23)/t14?,15-,17+/m1/s1. The lowest BCUT2D eigenvalue weighted by atomic mass is 9.94. The summed E-state index contributed by atoms with van der Waals surface area (Å²) in [6.07, 6.45) is 5.36. The van der Waals surface area contributed by atoms with Gasteiger partial charge in [-0.15, -0.1) is 0 Å². The van der Waals surface area contributed by atoms with Crippen LogP contribution >= 0.6 is 0 Å². The van der Waals surface area contributed by atoms with Gasteiger partial charge in [0.2, 0.25) is 0 Å². The molecule has 0 radical (unpaired) electrons. The van der Waals surface area contributed by atoms with E-state index in [-0.39, 0.29) is 24.2 Å². The largest absolute Gasteiger partial charge is 0.371 e. The molecule has 2 heterocycles. The number of carbonyl (C=O) groups excluding carboxylic acids is 1. The second-order valence-electron chi connectivity index (χ2n) is 6.53. The maximum Gasteiger partial charge on any atom is 0.315 e. The first kappa shape index (κ1) is 15.2. The minimum atomic E-state index is -0.112. The lowest BCUT2D eigenvalue weighted by molar-refractivity contribution is 0.0998. The number of hydrogen-bond acceptors (Lipinski definition) is 3. The van der Waals surface area contributed by atoms with Crippen LogP contribution < -0.4 is 10.6 Å². The SMILES string of the molecule is O=C(NC1CCc2cn[nH]c2C1)N[C@@H]1CCO[C@H]1c1ccccc1. The van der Waals surface area contributed by atoms with Crippen molar-refractivity contribution in [3.05, 3.63) is 53.3 Å². The molecule has 1 unspecified atom stereocenters. The fourth-order valence-electron chi connectivity index (χ4n) is 3.64. The molecule has 1 saturated heterocycles. The number of ether oxygens (including phenoxy) is 1. The molecule has 1 aromatic heterocycles. The lowest BCUT2D eigenvalue weighted by Crippen LogP contribution is -2.48. The number of aromatic amines is 1. The summed E-state index contributed by atoms with van der Waals surface area (Å²) in [5.41, 5.74) is 3.51. The van der Waals surface area contributed by atoms with Crippen molar-refractivity contribution >= 4 is 6.03 Å². The molecule has 2 aliphatic rings. The van der Waals surface area contributed by atoms with Gasteiger partial charge < -0.3 is 15.4 Å². The molecule has 1 aliphatic carbocycles. The van der Waals surface area contributed by atoms with Gasteiger partial charge in [0.15, 0.2) is 0 Å². The molecule has 1 fully saturated rings. The number of aryl methyl sites for hydroxylation is 1. The Labute approximate surface area is 141 Å². The lowest BCUT2D eigenvalue weighted by Gasteiger charge is -2.25. The van der Waals surface area contributed by atoms with Crippen molar-refractivity contribution in [3.63, 3.8) is 0 Å². The maximum absolute atomic E-state index is 12.4. The highest BCUT2D eigenvalue weighted by Gasteiger charge is 2.31. The summed E-state index contributed by atoms with van der Waals surface area (Å²) in [7, 11) is 0. The molecule has 1 aliphatic heterocycles. The highest BCUT2D eigenvalue weighted by Crippen LogP contribution is 2.29. The van der Waals surface area contributed by atoms with Crippen LogP contribution in [0.1, 0.15) is 35.8 Å². The molecule has 3 N–H and O–H groups in total. The molecular weight excluding hydrogens is 304 g/mol. The molecule has 24 heavy (non-hydrogen) atoms. The molecule has 2 aromatic rings. The normalized spacial score (nSPS) is 25.9. The minimum absolute atomic E-state index is 0.0127. The first-order valence-corrected chi connectivity index (χ1v) is 8.54. The van der Waals surface area contributed by atoms with Crippen LogP contribution in [0.2, 0.25) is 0 Å². The van der Waals surface area contributed by atoms with E-state index in [1.54, 1.807) is 0 Å². The zero-order valence-corrected chi connectivity index (χ0v) is 13.5. The number of urea groups is 1. The minimum Gasteiger partial charge on any atom is -0.371 e. The summed E-state index contributed by atoms with van der Waals surface area (Å²) in [5, 5.41) is 13.3. The fourth-order valence-corrected chi connectivity index (χ4v) is 3.64. The summed E-state index contributed by atoms with van der Waals surface area (Å²) >= 11 is 0. The molecule has 0 spiro atoms. The van der Waals surface area contributed by atoms with Gasteiger partial charge in [0, 0.05) is 24.8 Å². The van der Waals surface area contributed by atoms with Crippen molar-refractivity contribution < 1.29 is 9.53 Å². The van der Waals surface area contributed by atoms with E-state index >= 15 is 0 Å². The van der Waals surface area contributed by atoms with Gasteiger partial charge in [0.05, 0.1) is 12.2 Å². The molecule has 0 bridgehead atoms. The molecule has 126 valence electrons. The monoisotopic (exact) mass is 326 g/mol. The summed E-state index contributed by atoms with van der Waals surface area (Å²) in [6, 6.07) is 10.1. The Bertz CT molecular complexity index is 700. The van der Waals surface area contributed by atoms with Gasteiger partial charge in [-0.25, -0.2) is 4.79 Å². The van der Waals surface area contributed by atoms with Gasteiger partial charge in [-0.3, -0.25) is 5.10 Å². The number of amides is 2. The third kappa shape index (κ3) is 3.14. The second-order valence-corrected chi connectivity index (χ2v) is 6.53. The predicted molar refractivity (Wildman–Crippen MR) is 89.6 cm³/mol. The molecule has 2 amide bonds. The quantitative estimate of drug-likeness (QED) is 0.808. The molecule has 1 aromatic carbocycles. The molecule has 3 atom stereocenters. The molecule has 6 nitrogen and oxygen atoms in total. The van der Waals surface area contributed by atoms with E-state index in [9.17, 15) is 4.79 Å². The fraction of sp³-hybridized carbons (Fsp3) is 0.444. The van der Waals surface area contributed by atoms with Crippen LogP contribution in [0.4, 0.5) is 4.79 Å². The Morgan fingerprint density at radius 3 is 2.96 bits per heavy atom. The van der Waals surface area contributed by atoms with Crippen LogP contribution in [0.25, 0.3) is 0 Å². The van der Waals surface area contributed by atoms with Gasteiger partial charge in [0.1, 0.15) is 6.10 Å². The average Bonchev–Trinajstić information content (AvgIpc) is 3.24. The predicted octanol–water partition coefficient (Wildman–Crippen LogP) is 2.10. The van der Waals surface area contributed by atoms with Crippen LogP contribution in [-0.2, 0) is 17.6 Å². The van der Waals surface area contributed by atoms with E-state index in [2.05, 4.69) is 20.8 Å². The average molecular weight is 326 g/mol. The van der Waals surface area contributed by atoms with Crippen LogP contribution in [0, 0.1) is 0 Å². The van der Waals surface area contributed by atoms with Crippen LogP contribution in [0.15, 0.2) is 36.5 Å². The van der Waals surface area contributed by atoms with Crippen molar-refractivity contribution in [3.8, 4) is 0 Å². The van der Waals surface area contributed by atoms with Crippen molar-refractivity contribution in [2.24, 2.45) is 0 Å².